The molecule has 1 aromatic rings. The minimum atomic E-state index is -0.348. The highest BCUT2D eigenvalue weighted by Crippen LogP contribution is 2.24. The Hall–Kier alpha value is -1.48. The van der Waals surface area contributed by atoms with E-state index >= 15 is 0 Å². The zero-order valence-corrected chi connectivity index (χ0v) is 17.2. The SMILES string of the molecule is CN(CC(=O)Nc1ccc(Cl)c(Cl)c1)C(=O)CSCC(=O)N1CCOCC1. The average Bonchev–Trinajstić information content (AvgIpc) is 2.65. The minimum Gasteiger partial charge on any atom is -0.378 e. The number of nitrogens with one attached hydrogen (secondary N) is 1. The average molecular weight is 434 g/mol. The number of amides is 3. The van der Waals surface area contributed by atoms with Crippen LogP contribution in [-0.4, -0.2) is 78.9 Å². The van der Waals surface area contributed by atoms with Crippen molar-refractivity contribution in [1.29, 1.82) is 0 Å². The van der Waals surface area contributed by atoms with E-state index in [4.69, 9.17) is 27.9 Å². The Morgan fingerprint density at radius 1 is 1.19 bits per heavy atom. The number of anilines is 1. The van der Waals surface area contributed by atoms with Crippen LogP contribution in [0.2, 0.25) is 10.0 Å². The van der Waals surface area contributed by atoms with E-state index in [0.29, 0.717) is 42.0 Å². The van der Waals surface area contributed by atoms with Crippen LogP contribution in [0.4, 0.5) is 5.69 Å². The van der Waals surface area contributed by atoms with Crippen molar-refractivity contribution in [2.75, 3.05) is 56.7 Å². The number of thioether (sulfide) groups is 1. The number of carbonyl (C=O) groups is 3. The molecule has 0 spiro atoms. The lowest BCUT2D eigenvalue weighted by Crippen LogP contribution is -2.42. The van der Waals surface area contributed by atoms with Gasteiger partial charge in [0.15, 0.2) is 0 Å². The van der Waals surface area contributed by atoms with Gasteiger partial charge in [-0.2, -0.15) is 0 Å². The monoisotopic (exact) mass is 433 g/mol. The summed E-state index contributed by atoms with van der Waals surface area (Å²) in [6.07, 6.45) is 0. The molecule has 3 amide bonds. The molecule has 1 aliphatic heterocycles. The van der Waals surface area contributed by atoms with Crippen LogP contribution in [0.5, 0.6) is 0 Å². The summed E-state index contributed by atoms with van der Waals surface area (Å²) in [5.41, 5.74) is 0.501. The van der Waals surface area contributed by atoms with E-state index in [1.807, 2.05) is 0 Å². The van der Waals surface area contributed by atoms with Crippen molar-refractivity contribution in [2.24, 2.45) is 0 Å². The third-order valence-electron chi connectivity index (χ3n) is 3.82. The van der Waals surface area contributed by atoms with Gasteiger partial charge in [0, 0.05) is 25.8 Å². The fourth-order valence-corrected chi connectivity index (χ4v) is 3.47. The van der Waals surface area contributed by atoms with Crippen LogP contribution in [0.1, 0.15) is 0 Å². The van der Waals surface area contributed by atoms with Crippen molar-refractivity contribution in [3.63, 3.8) is 0 Å². The van der Waals surface area contributed by atoms with E-state index in [1.54, 1.807) is 24.1 Å². The van der Waals surface area contributed by atoms with Gasteiger partial charge < -0.3 is 19.9 Å². The van der Waals surface area contributed by atoms with E-state index in [9.17, 15) is 14.4 Å². The molecule has 1 heterocycles. The second kappa shape index (κ2) is 10.8. The van der Waals surface area contributed by atoms with Gasteiger partial charge in [-0.25, -0.2) is 0 Å². The second-order valence-corrected chi connectivity index (χ2v) is 7.71. The van der Waals surface area contributed by atoms with Crippen LogP contribution in [0.15, 0.2) is 18.2 Å². The highest BCUT2D eigenvalue weighted by molar-refractivity contribution is 8.00. The third kappa shape index (κ3) is 7.21. The topological polar surface area (TPSA) is 79.0 Å². The van der Waals surface area contributed by atoms with Gasteiger partial charge in [0.25, 0.3) is 0 Å². The number of morpholine rings is 1. The van der Waals surface area contributed by atoms with Crippen molar-refractivity contribution in [1.82, 2.24) is 9.80 Å². The molecule has 2 rings (SSSR count). The van der Waals surface area contributed by atoms with Crippen LogP contribution in [0, 0.1) is 0 Å². The van der Waals surface area contributed by atoms with Crippen LogP contribution < -0.4 is 5.32 Å². The maximum Gasteiger partial charge on any atom is 0.243 e. The van der Waals surface area contributed by atoms with Gasteiger partial charge in [0.05, 0.1) is 41.3 Å². The molecule has 1 fully saturated rings. The summed E-state index contributed by atoms with van der Waals surface area (Å²) in [5, 5.41) is 3.39. The second-order valence-electron chi connectivity index (χ2n) is 5.91. The number of carbonyl (C=O) groups excluding carboxylic acids is 3. The number of nitrogens with zero attached hydrogens (tertiary/aromatic N) is 2. The highest BCUT2D eigenvalue weighted by atomic mass is 35.5. The lowest BCUT2D eigenvalue weighted by atomic mass is 10.3. The zero-order valence-electron chi connectivity index (χ0n) is 14.9. The number of rotatable bonds is 7. The van der Waals surface area contributed by atoms with Gasteiger partial charge in [-0.3, -0.25) is 14.4 Å². The quantitative estimate of drug-likeness (QED) is 0.710. The summed E-state index contributed by atoms with van der Waals surface area (Å²) in [5.74, 6) is -0.212. The first kappa shape index (κ1) is 21.8. The first-order valence-electron chi connectivity index (χ1n) is 8.29. The van der Waals surface area contributed by atoms with Gasteiger partial charge in [-0.1, -0.05) is 23.2 Å². The van der Waals surface area contributed by atoms with Crippen molar-refractivity contribution in [3.05, 3.63) is 28.2 Å². The van der Waals surface area contributed by atoms with Crippen LogP contribution >= 0.6 is 35.0 Å². The van der Waals surface area contributed by atoms with Crippen molar-refractivity contribution in [3.8, 4) is 0 Å². The van der Waals surface area contributed by atoms with Crippen molar-refractivity contribution in [2.45, 2.75) is 0 Å². The predicted octanol–water partition coefficient (Wildman–Crippen LogP) is 1.98. The van der Waals surface area contributed by atoms with E-state index in [1.165, 1.54) is 22.7 Å². The Morgan fingerprint density at radius 3 is 2.56 bits per heavy atom. The molecule has 0 radical (unpaired) electrons. The fraction of sp³-hybridized carbons (Fsp3) is 0.471. The molecular weight excluding hydrogens is 413 g/mol. The fourth-order valence-electron chi connectivity index (χ4n) is 2.32. The lowest BCUT2D eigenvalue weighted by Gasteiger charge is -2.26. The Kier molecular flexibility index (Phi) is 8.69. The molecule has 0 bridgehead atoms. The van der Waals surface area contributed by atoms with Crippen molar-refractivity contribution >= 4 is 58.4 Å². The van der Waals surface area contributed by atoms with E-state index in [2.05, 4.69) is 5.32 Å². The lowest BCUT2D eigenvalue weighted by molar-refractivity contribution is -0.132. The molecule has 1 aliphatic rings. The normalized spacial score (nSPS) is 14.0. The molecule has 0 unspecified atom stereocenters. The molecule has 1 N–H and O–H groups in total. The Bertz CT molecular complexity index is 699. The van der Waals surface area contributed by atoms with E-state index in [0.717, 1.165) is 0 Å². The molecule has 7 nitrogen and oxygen atoms in total. The number of hydrogen-bond donors (Lipinski definition) is 1. The standard InChI is InChI=1S/C17H21Cl2N3O4S/c1-21(9-15(23)20-12-2-3-13(18)14(19)8-12)16(24)10-27-11-17(25)22-4-6-26-7-5-22/h2-3,8H,4-7,9-11H2,1H3,(H,20,23). The molecule has 27 heavy (non-hydrogen) atoms. The number of ether oxygens (including phenoxy) is 1. The number of benzene rings is 1. The number of halogens is 2. The van der Waals surface area contributed by atoms with Gasteiger partial charge >= 0.3 is 0 Å². The van der Waals surface area contributed by atoms with Crippen LogP contribution in [-0.2, 0) is 19.1 Å². The largest absolute Gasteiger partial charge is 0.378 e. The highest BCUT2D eigenvalue weighted by Gasteiger charge is 2.18. The number of likely N-dealkylation sites (N-methyl/N-ethyl adjacent to an activating group) is 1. The molecule has 1 saturated heterocycles. The molecule has 148 valence electrons. The van der Waals surface area contributed by atoms with E-state index in [-0.39, 0.29) is 35.8 Å². The summed E-state index contributed by atoms with van der Waals surface area (Å²) in [7, 11) is 1.54. The molecule has 10 heteroatoms. The molecule has 0 atom stereocenters. The molecule has 1 aromatic carbocycles. The van der Waals surface area contributed by atoms with E-state index < -0.39 is 0 Å². The maximum atomic E-state index is 12.1. The Balaban J connectivity index is 1.70. The van der Waals surface area contributed by atoms with Gasteiger partial charge in [0.1, 0.15) is 0 Å². The van der Waals surface area contributed by atoms with Gasteiger partial charge in [0.2, 0.25) is 17.7 Å². The third-order valence-corrected chi connectivity index (χ3v) is 5.47. The molecule has 0 aromatic heterocycles. The Labute approximate surface area is 172 Å². The smallest absolute Gasteiger partial charge is 0.243 e. The molecule has 0 aliphatic carbocycles. The predicted molar refractivity (Wildman–Crippen MR) is 107 cm³/mol. The van der Waals surface area contributed by atoms with Crippen LogP contribution in [0.25, 0.3) is 0 Å². The summed E-state index contributed by atoms with van der Waals surface area (Å²) >= 11 is 13.0. The summed E-state index contributed by atoms with van der Waals surface area (Å²) in [4.78, 5) is 39.3. The maximum absolute atomic E-state index is 12.1. The molecular formula is C17H21Cl2N3O4S. The summed E-state index contributed by atoms with van der Waals surface area (Å²) in [6, 6.07) is 4.74. The Morgan fingerprint density at radius 2 is 1.89 bits per heavy atom. The van der Waals surface area contributed by atoms with Crippen molar-refractivity contribution < 1.29 is 19.1 Å². The van der Waals surface area contributed by atoms with Crippen LogP contribution in [0.3, 0.4) is 0 Å². The first-order valence-corrected chi connectivity index (χ1v) is 10.2. The van der Waals surface area contributed by atoms with Gasteiger partial charge in [-0.15, -0.1) is 11.8 Å². The van der Waals surface area contributed by atoms with Gasteiger partial charge in [-0.05, 0) is 18.2 Å². The summed E-state index contributed by atoms with van der Waals surface area (Å²) < 4.78 is 5.20. The summed E-state index contributed by atoms with van der Waals surface area (Å²) in [6.45, 7) is 2.17. The first-order chi connectivity index (χ1) is 12.9. The molecule has 0 saturated carbocycles. The zero-order chi connectivity index (χ0) is 19.8. The minimum absolute atomic E-state index is 0.00360. The number of hydrogen-bond acceptors (Lipinski definition) is 5.